The van der Waals surface area contributed by atoms with Crippen LogP contribution in [0.5, 0.6) is 5.75 Å². The van der Waals surface area contributed by atoms with Crippen molar-refractivity contribution >= 4 is 23.2 Å². The molecular weight excluding hydrogens is 406 g/mol. The summed E-state index contributed by atoms with van der Waals surface area (Å²) in [5, 5.41) is 11.3. The Morgan fingerprint density at radius 1 is 1.23 bits per heavy atom. The fraction of sp³-hybridized carbons (Fsp3) is 0.143. The van der Waals surface area contributed by atoms with Gasteiger partial charge in [0.25, 0.3) is 5.91 Å². The van der Waals surface area contributed by atoms with Gasteiger partial charge < -0.3 is 14.6 Å². The van der Waals surface area contributed by atoms with E-state index in [4.69, 9.17) is 20.9 Å². The van der Waals surface area contributed by atoms with Crippen molar-refractivity contribution in [3.8, 4) is 11.4 Å². The molecular formula is C21H18ClN5O3. The molecule has 1 amide bonds. The van der Waals surface area contributed by atoms with Crippen LogP contribution in [0.2, 0.25) is 5.02 Å². The van der Waals surface area contributed by atoms with E-state index in [1.54, 1.807) is 47.4 Å². The number of carbonyl (C=O) groups excluding carboxylic acids is 1. The SMILES string of the molecule is Cc1noc(C)c1COc1ccccc1C(=O)Nc1ccc(-n2cncn2)c(Cl)c1. The number of para-hydroxylation sites is 1. The van der Waals surface area contributed by atoms with E-state index in [0.717, 1.165) is 11.3 Å². The van der Waals surface area contributed by atoms with E-state index >= 15 is 0 Å². The van der Waals surface area contributed by atoms with Gasteiger partial charge in [-0.25, -0.2) is 9.67 Å². The molecule has 0 saturated heterocycles. The van der Waals surface area contributed by atoms with Gasteiger partial charge in [-0.15, -0.1) is 0 Å². The number of anilines is 1. The number of nitrogens with zero attached hydrogens (tertiary/aromatic N) is 4. The van der Waals surface area contributed by atoms with Crippen molar-refractivity contribution in [2.75, 3.05) is 5.32 Å². The van der Waals surface area contributed by atoms with Crippen molar-refractivity contribution in [2.45, 2.75) is 20.5 Å². The maximum Gasteiger partial charge on any atom is 0.259 e. The minimum Gasteiger partial charge on any atom is -0.488 e. The lowest BCUT2D eigenvalue weighted by Crippen LogP contribution is -2.14. The average Bonchev–Trinajstić information content (AvgIpc) is 3.37. The Balaban J connectivity index is 1.51. The molecule has 30 heavy (non-hydrogen) atoms. The van der Waals surface area contributed by atoms with E-state index in [9.17, 15) is 4.79 Å². The molecule has 0 fully saturated rings. The first-order chi connectivity index (χ1) is 14.5. The molecule has 152 valence electrons. The zero-order chi connectivity index (χ0) is 21.1. The number of benzene rings is 2. The molecule has 2 aromatic carbocycles. The summed E-state index contributed by atoms with van der Waals surface area (Å²) in [6.07, 6.45) is 2.97. The molecule has 2 heterocycles. The van der Waals surface area contributed by atoms with E-state index < -0.39 is 0 Å². The predicted molar refractivity (Wildman–Crippen MR) is 111 cm³/mol. The molecule has 0 saturated carbocycles. The normalized spacial score (nSPS) is 10.8. The van der Waals surface area contributed by atoms with Crippen molar-refractivity contribution in [1.82, 2.24) is 19.9 Å². The number of rotatable bonds is 6. The fourth-order valence-corrected chi connectivity index (χ4v) is 3.21. The van der Waals surface area contributed by atoms with Gasteiger partial charge in [0, 0.05) is 5.69 Å². The van der Waals surface area contributed by atoms with Crippen molar-refractivity contribution in [2.24, 2.45) is 0 Å². The molecule has 0 unspecified atom stereocenters. The highest BCUT2D eigenvalue weighted by Gasteiger charge is 2.16. The topological polar surface area (TPSA) is 95.1 Å². The molecule has 8 nitrogen and oxygen atoms in total. The first-order valence-electron chi connectivity index (χ1n) is 9.12. The van der Waals surface area contributed by atoms with E-state index in [1.165, 1.54) is 6.33 Å². The Labute approximate surface area is 177 Å². The summed E-state index contributed by atoms with van der Waals surface area (Å²) in [4.78, 5) is 16.8. The molecule has 0 aliphatic rings. The van der Waals surface area contributed by atoms with Gasteiger partial charge in [-0.05, 0) is 44.2 Å². The average molecular weight is 424 g/mol. The lowest BCUT2D eigenvalue weighted by atomic mass is 10.1. The highest BCUT2D eigenvalue weighted by Crippen LogP contribution is 2.26. The zero-order valence-corrected chi connectivity index (χ0v) is 17.1. The summed E-state index contributed by atoms with van der Waals surface area (Å²) in [7, 11) is 0. The van der Waals surface area contributed by atoms with Crippen LogP contribution in [-0.2, 0) is 6.61 Å². The quantitative estimate of drug-likeness (QED) is 0.495. The third-order valence-corrected chi connectivity index (χ3v) is 4.86. The van der Waals surface area contributed by atoms with Gasteiger partial charge in [-0.1, -0.05) is 28.9 Å². The molecule has 9 heteroatoms. The molecule has 4 aromatic rings. The minimum atomic E-state index is -0.311. The summed E-state index contributed by atoms with van der Waals surface area (Å²) >= 11 is 6.34. The Kier molecular flexibility index (Phi) is 5.49. The fourth-order valence-electron chi connectivity index (χ4n) is 2.94. The largest absolute Gasteiger partial charge is 0.488 e. The van der Waals surface area contributed by atoms with Gasteiger partial charge in [0.2, 0.25) is 0 Å². The maximum absolute atomic E-state index is 12.9. The standard InChI is InChI=1S/C21H18ClN5O3/c1-13-17(14(2)30-26-13)10-29-20-6-4-3-5-16(20)21(28)25-15-7-8-19(18(22)9-15)27-12-23-11-24-27/h3-9,11-12H,10H2,1-2H3,(H,25,28). The van der Waals surface area contributed by atoms with Crippen LogP contribution in [0, 0.1) is 13.8 Å². The Morgan fingerprint density at radius 3 is 2.77 bits per heavy atom. The van der Waals surface area contributed by atoms with E-state index in [1.807, 2.05) is 19.9 Å². The number of ether oxygens (including phenoxy) is 1. The van der Waals surface area contributed by atoms with Crippen molar-refractivity contribution in [1.29, 1.82) is 0 Å². The Bertz CT molecular complexity index is 1170. The smallest absolute Gasteiger partial charge is 0.259 e. The maximum atomic E-state index is 12.9. The zero-order valence-electron chi connectivity index (χ0n) is 16.3. The number of amides is 1. The van der Waals surface area contributed by atoms with E-state index in [2.05, 4.69) is 20.6 Å². The molecule has 0 aliphatic carbocycles. The molecule has 0 aliphatic heterocycles. The lowest BCUT2D eigenvalue weighted by molar-refractivity contribution is 0.102. The van der Waals surface area contributed by atoms with Gasteiger partial charge in [-0.3, -0.25) is 4.79 Å². The predicted octanol–water partition coefficient (Wildman–Crippen LogP) is 4.36. The third kappa shape index (κ3) is 4.04. The number of carbonyl (C=O) groups is 1. The van der Waals surface area contributed by atoms with Crippen LogP contribution in [0.3, 0.4) is 0 Å². The molecule has 0 radical (unpaired) electrons. The van der Waals surface area contributed by atoms with Crippen molar-refractivity contribution in [3.05, 3.63) is 82.7 Å². The lowest BCUT2D eigenvalue weighted by Gasteiger charge is -2.12. The molecule has 0 bridgehead atoms. The monoisotopic (exact) mass is 423 g/mol. The molecule has 1 N–H and O–H groups in total. The molecule has 4 rings (SSSR count). The van der Waals surface area contributed by atoms with Gasteiger partial charge in [0.15, 0.2) is 0 Å². The third-order valence-electron chi connectivity index (χ3n) is 4.56. The minimum absolute atomic E-state index is 0.254. The summed E-state index contributed by atoms with van der Waals surface area (Å²) in [6.45, 7) is 3.93. The van der Waals surface area contributed by atoms with E-state index in [0.29, 0.717) is 33.5 Å². The number of hydrogen-bond acceptors (Lipinski definition) is 6. The number of nitrogens with one attached hydrogen (secondary N) is 1. The van der Waals surface area contributed by atoms with Crippen molar-refractivity contribution in [3.63, 3.8) is 0 Å². The van der Waals surface area contributed by atoms with Crippen LogP contribution >= 0.6 is 11.6 Å². The highest BCUT2D eigenvalue weighted by molar-refractivity contribution is 6.32. The number of hydrogen-bond donors (Lipinski definition) is 1. The second-order valence-corrected chi connectivity index (χ2v) is 6.96. The van der Waals surface area contributed by atoms with Crippen LogP contribution in [0.25, 0.3) is 5.69 Å². The van der Waals surface area contributed by atoms with Crippen LogP contribution in [0.15, 0.2) is 59.6 Å². The highest BCUT2D eigenvalue weighted by atomic mass is 35.5. The summed E-state index contributed by atoms with van der Waals surface area (Å²) in [5.41, 5.74) is 3.24. The van der Waals surface area contributed by atoms with Gasteiger partial charge in [-0.2, -0.15) is 5.10 Å². The van der Waals surface area contributed by atoms with Gasteiger partial charge in [0.05, 0.1) is 27.5 Å². The van der Waals surface area contributed by atoms with Crippen LogP contribution in [0.1, 0.15) is 27.4 Å². The van der Waals surface area contributed by atoms with Gasteiger partial charge in [0.1, 0.15) is 30.8 Å². The summed E-state index contributed by atoms with van der Waals surface area (Å²) in [6, 6.07) is 12.2. The molecule has 2 aromatic heterocycles. The van der Waals surface area contributed by atoms with Crippen molar-refractivity contribution < 1.29 is 14.1 Å². The number of aromatic nitrogens is 4. The number of halogens is 1. The van der Waals surface area contributed by atoms with Crippen LogP contribution < -0.4 is 10.1 Å². The second-order valence-electron chi connectivity index (χ2n) is 6.55. The summed E-state index contributed by atoms with van der Waals surface area (Å²) < 4.78 is 12.6. The van der Waals surface area contributed by atoms with Crippen LogP contribution in [-0.4, -0.2) is 25.8 Å². The first-order valence-corrected chi connectivity index (χ1v) is 9.50. The first kappa shape index (κ1) is 19.7. The molecule has 0 spiro atoms. The van der Waals surface area contributed by atoms with E-state index in [-0.39, 0.29) is 12.5 Å². The van der Waals surface area contributed by atoms with Gasteiger partial charge >= 0.3 is 0 Å². The second kappa shape index (κ2) is 8.38. The Hall–Kier alpha value is -3.65. The number of aryl methyl sites for hydroxylation is 2. The Morgan fingerprint density at radius 2 is 2.07 bits per heavy atom. The summed E-state index contributed by atoms with van der Waals surface area (Å²) in [5.74, 6) is 0.839. The molecule has 0 atom stereocenters. The van der Waals surface area contributed by atoms with Crippen LogP contribution in [0.4, 0.5) is 5.69 Å².